The minimum Gasteiger partial charge on any atom is -0.344 e. The van der Waals surface area contributed by atoms with E-state index in [9.17, 15) is 57.5 Å². The van der Waals surface area contributed by atoms with Crippen LogP contribution in [-0.2, 0) is 57.5 Å². The fraction of sp³-hybridized carbons (Fsp3) is 0.509. The molecule has 1 aliphatic carbocycles. The molecule has 0 spiro atoms. The summed E-state index contributed by atoms with van der Waals surface area (Å²) in [6, 6.07) is 49.0. The van der Waals surface area contributed by atoms with Crippen LogP contribution in [0.5, 0.6) is 0 Å². The highest BCUT2D eigenvalue weighted by molar-refractivity contribution is 6.04. The number of hydrogen-bond donors (Lipinski definition) is 2. The molecule has 0 bridgehead atoms. The second-order valence-corrected chi connectivity index (χ2v) is 41.8. The number of hydrogen-bond acceptors (Lipinski definition) is 12. The maximum absolute atomic E-state index is 13.8. The third-order valence-corrected chi connectivity index (χ3v) is 26.8. The number of benzene rings is 6. The van der Waals surface area contributed by atoms with Gasteiger partial charge in [-0.3, -0.25) is 57.5 Å². The summed E-state index contributed by atoms with van der Waals surface area (Å²) >= 11 is 0. The van der Waals surface area contributed by atoms with Crippen LogP contribution < -0.4 is 15.5 Å². The molecule has 8 amide bonds. The Balaban J connectivity index is 0.000000244. The molecule has 8 atom stereocenters. The van der Waals surface area contributed by atoms with E-state index in [0.29, 0.717) is 57.7 Å². The van der Waals surface area contributed by atoms with E-state index >= 15 is 0 Å². The van der Waals surface area contributed by atoms with Crippen molar-refractivity contribution >= 4 is 104 Å². The number of nitrogens with zero attached hydrogens (tertiary/aromatic N) is 6. The Morgan fingerprint density at radius 1 is 0.381 bits per heavy atom. The summed E-state index contributed by atoms with van der Waals surface area (Å²) in [5.41, 5.74) is 12.0. The number of ketones is 4. The van der Waals surface area contributed by atoms with E-state index in [1.807, 2.05) is 322 Å². The number of aryl methyl sites for hydroxylation is 4. The molecule has 3 heterocycles. The fourth-order valence-electron chi connectivity index (χ4n) is 18.0. The van der Waals surface area contributed by atoms with E-state index in [2.05, 4.69) is 10.6 Å². The molecule has 4 fully saturated rings. The number of rotatable bonds is 30. The summed E-state index contributed by atoms with van der Waals surface area (Å²) in [6.07, 6.45) is 17.2. The van der Waals surface area contributed by atoms with E-state index in [4.69, 9.17) is 0 Å². The van der Waals surface area contributed by atoms with Crippen LogP contribution in [-0.4, -0.2) is 172 Å². The Morgan fingerprint density at radius 2 is 0.679 bits per heavy atom. The van der Waals surface area contributed by atoms with Gasteiger partial charge < -0.3 is 40.0 Å². The van der Waals surface area contributed by atoms with E-state index in [1.165, 1.54) is 35.3 Å². The predicted octanol–water partition coefficient (Wildman–Crippen LogP) is 21.5. The number of anilines is 2. The van der Waals surface area contributed by atoms with Crippen molar-refractivity contribution in [2.75, 3.05) is 57.0 Å². The zero-order chi connectivity index (χ0) is 99.4. The van der Waals surface area contributed by atoms with Gasteiger partial charge in [-0.25, -0.2) is 0 Å². The molecule has 3 aliphatic heterocycles. The van der Waals surface area contributed by atoms with Gasteiger partial charge in [0.1, 0.15) is 24.2 Å². The van der Waals surface area contributed by atoms with Gasteiger partial charge in [-0.1, -0.05) is 258 Å². The number of carbonyl (C=O) groups is 12. The summed E-state index contributed by atoms with van der Waals surface area (Å²) in [5.74, 6) is -3.13. The van der Waals surface area contributed by atoms with Crippen molar-refractivity contribution in [1.82, 2.24) is 29.8 Å². The lowest BCUT2D eigenvalue weighted by Crippen LogP contribution is -2.52. The molecule has 20 heteroatoms. The van der Waals surface area contributed by atoms with Gasteiger partial charge >= 0.3 is 0 Å². The zero-order valence-corrected chi connectivity index (χ0v) is 85.2. The van der Waals surface area contributed by atoms with Crippen molar-refractivity contribution in [1.29, 1.82) is 0 Å². The van der Waals surface area contributed by atoms with Crippen LogP contribution >= 0.6 is 0 Å². The third-order valence-electron chi connectivity index (χ3n) is 26.8. The molecule has 134 heavy (non-hydrogen) atoms. The lowest BCUT2D eigenvalue weighted by Gasteiger charge is -2.38. The van der Waals surface area contributed by atoms with Crippen molar-refractivity contribution in [2.24, 2.45) is 45.3 Å². The van der Waals surface area contributed by atoms with Gasteiger partial charge in [-0.15, -0.1) is 0 Å². The van der Waals surface area contributed by atoms with Gasteiger partial charge in [-0.2, -0.15) is 0 Å². The van der Waals surface area contributed by atoms with Crippen molar-refractivity contribution < 1.29 is 57.5 Å². The van der Waals surface area contributed by atoms with Crippen LogP contribution in [0.2, 0.25) is 0 Å². The lowest BCUT2D eigenvalue weighted by atomic mass is 9.76. The summed E-state index contributed by atoms with van der Waals surface area (Å²) in [4.78, 5) is 169. The molecular formula is C114H156N8O12. The molecule has 4 unspecified atom stereocenters. The van der Waals surface area contributed by atoms with E-state index in [-0.39, 0.29) is 113 Å². The smallest absolute Gasteiger partial charge is 0.249 e. The van der Waals surface area contributed by atoms with E-state index in [1.54, 1.807) is 57.9 Å². The highest BCUT2D eigenvalue weighted by Crippen LogP contribution is 2.40. The van der Waals surface area contributed by atoms with Gasteiger partial charge in [0.05, 0.1) is 17.8 Å². The number of nitrogens with one attached hydrogen (secondary N) is 2. The average Bonchev–Trinajstić information content (AvgIpc) is 1.80. The maximum Gasteiger partial charge on any atom is 0.249 e. The van der Waals surface area contributed by atoms with Crippen molar-refractivity contribution in [2.45, 2.75) is 286 Å². The highest BCUT2D eigenvalue weighted by Gasteiger charge is 2.47. The summed E-state index contributed by atoms with van der Waals surface area (Å²) in [7, 11) is 3.59. The van der Waals surface area contributed by atoms with Crippen LogP contribution in [0.15, 0.2) is 182 Å². The lowest BCUT2D eigenvalue weighted by molar-refractivity contribution is -0.149. The monoisotopic (exact) mass is 1830 g/mol. The predicted molar refractivity (Wildman–Crippen MR) is 544 cm³/mol. The number of carbonyl (C=O) groups excluding carboxylic acids is 12. The Labute approximate surface area is 801 Å². The number of likely N-dealkylation sites (N-methyl/N-ethyl adjacent to an activating group) is 3. The van der Waals surface area contributed by atoms with Gasteiger partial charge in [0.15, 0.2) is 23.1 Å². The number of para-hydroxylation sites is 2. The van der Waals surface area contributed by atoms with E-state index < -0.39 is 58.7 Å². The molecule has 4 aliphatic rings. The maximum atomic E-state index is 13.8. The first-order valence-electron chi connectivity index (χ1n) is 48.5. The number of amides is 8. The van der Waals surface area contributed by atoms with Crippen molar-refractivity contribution in [3.63, 3.8) is 0 Å². The van der Waals surface area contributed by atoms with E-state index in [0.717, 1.165) is 93.5 Å². The first-order chi connectivity index (χ1) is 62.9. The van der Waals surface area contributed by atoms with Crippen LogP contribution in [0.1, 0.15) is 272 Å². The summed E-state index contributed by atoms with van der Waals surface area (Å²) in [6.45, 7) is 48.1. The number of allylic oxidation sites excluding steroid dienone is 8. The molecule has 6 aromatic rings. The molecule has 724 valence electrons. The molecule has 10 rings (SSSR count). The minimum absolute atomic E-state index is 0.0231. The molecule has 6 aromatic carbocycles. The molecule has 2 N–H and O–H groups in total. The third kappa shape index (κ3) is 32.5. The van der Waals surface area contributed by atoms with Crippen molar-refractivity contribution in [3.8, 4) is 0 Å². The summed E-state index contributed by atoms with van der Waals surface area (Å²) in [5, 5.41) is 5.76. The van der Waals surface area contributed by atoms with Gasteiger partial charge in [0, 0.05) is 95.8 Å². The zero-order valence-electron chi connectivity index (χ0n) is 85.2. The molecule has 0 radical (unpaired) electrons. The SMILES string of the molecule is C/C(=C\C(=O)CC(C(=O)N1CCC[C@H]1C(=O)N(C)C1CCCCC1)C(C)(C)C)c1ccc(C)cc1.C/C(=C\C(=O)CC(C(=O)N1CCC[C@H]1C(=O)Nc1ccccc1)C(C)(C)C)c1ccc(C)cc1.C/C(=C\C(=O)CC(C(=O)N[C@@H](C)C(=O)N(C)c1ccccc1)C(C)(C)C)c1ccc(C)cc1.CCN(CC)C(=O)[C@@H]1CCCN1C(=O)C(CC(=O)/C=C(\C)c1ccc(C)cc1)C(C)(C)C. The Morgan fingerprint density at radius 3 is 1.00 bits per heavy atom. The average molecular weight is 1830 g/mol. The molecule has 0 aromatic heterocycles. The van der Waals surface area contributed by atoms with Crippen LogP contribution in [0.25, 0.3) is 22.3 Å². The Hall–Kier alpha value is -11.3. The Bertz CT molecular complexity index is 5110. The summed E-state index contributed by atoms with van der Waals surface area (Å²) < 4.78 is 0. The van der Waals surface area contributed by atoms with Gasteiger partial charge in [0.2, 0.25) is 47.3 Å². The molecule has 1 saturated carbocycles. The van der Waals surface area contributed by atoms with Gasteiger partial charge in [0.25, 0.3) is 0 Å². The highest BCUT2D eigenvalue weighted by atomic mass is 16.2. The first-order valence-corrected chi connectivity index (χ1v) is 48.5. The van der Waals surface area contributed by atoms with Gasteiger partial charge in [-0.05, 0) is 242 Å². The molecule has 20 nitrogen and oxygen atoms in total. The topological polar surface area (TPSA) is 248 Å². The normalized spacial score (nSPS) is 17.4. The second-order valence-electron chi connectivity index (χ2n) is 41.8. The largest absolute Gasteiger partial charge is 0.344 e. The van der Waals surface area contributed by atoms with Crippen LogP contribution in [0.3, 0.4) is 0 Å². The first kappa shape index (κ1) is 110. The standard InChI is InChI=1S/C30H44N2O3.C29H36N2O3.C28H36N2O3.C27H40N2O3/c1-21-14-16-23(17-15-21)22(2)19-25(33)20-26(30(3,4)5)28(34)32-18-10-13-27(32)29(35)31(6)24-11-8-7-9-12-24;1-20-13-15-22(16-14-20)21(2)18-24(32)19-25(29(3,4)5)28(34)31-17-9-12-26(31)27(33)30-23-10-7-6-8-11-23;1-19-13-15-22(16-14-19)20(2)17-24(31)18-25(28(4,5)6)26(32)29-21(3)27(33)30(7)23-11-9-8-10-12-23;1-8-28(9-2)26(32)24-11-10-16-29(24)25(31)23(27(5,6)7)18-22(30)17-20(4)21-14-12-19(3)13-15-21/h14-17,19,24,26-27H,7-13,18,20H2,1-6H3;6-8,10-11,13-16,18,25-26H,9,12,17,19H2,1-5H3,(H,30,33);8-17,21,25H,18H2,1-7H3,(H,29,32);12-15,17,23-24H,8-11,16,18H2,1-7H3/b22-19+;21-18+;2*20-17+/t26?,27-;25?,26-;21-,25?;23?,24-/m0000/s1. The van der Waals surface area contributed by atoms with Crippen molar-refractivity contribution in [3.05, 3.63) is 227 Å². The number of likely N-dealkylation sites (tertiary alicyclic amines) is 3. The van der Waals surface area contributed by atoms with Crippen LogP contribution in [0.4, 0.5) is 11.4 Å². The quantitative estimate of drug-likeness (QED) is 0.0400. The Kier molecular flexibility index (Phi) is 41.2. The molecule has 3 saturated heterocycles. The second kappa shape index (κ2) is 50.3. The molecular weight excluding hydrogens is 1670 g/mol. The van der Waals surface area contributed by atoms with Crippen LogP contribution in [0, 0.1) is 73.0 Å². The minimum atomic E-state index is -0.715. The fourth-order valence-corrected chi connectivity index (χ4v) is 18.0.